The highest BCUT2D eigenvalue weighted by Gasteiger charge is 2.44. The SMILES string of the molecule is CC1(C)O[C@@H]([C@H](O)CO)[C@H](C=O)O1. The Balaban J connectivity index is 2.68. The third-order valence-electron chi connectivity index (χ3n) is 1.86. The molecule has 5 nitrogen and oxygen atoms in total. The smallest absolute Gasteiger partial charge is 0.164 e. The maximum atomic E-state index is 10.5. The van der Waals surface area contributed by atoms with Gasteiger partial charge in [-0.25, -0.2) is 0 Å². The van der Waals surface area contributed by atoms with Gasteiger partial charge < -0.3 is 24.5 Å². The lowest BCUT2D eigenvalue weighted by molar-refractivity contribution is -0.158. The van der Waals surface area contributed by atoms with Crippen LogP contribution in [0.3, 0.4) is 0 Å². The number of hydrogen-bond donors (Lipinski definition) is 2. The molecule has 0 unspecified atom stereocenters. The molecule has 1 fully saturated rings. The maximum absolute atomic E-state index is 10.5. The van der Waals surface area contributed by atoms with Gasteiger partial charge in [0.15, 0.2) is 12.1 Å². The van der Waals surface area contributed by atoms with Gasteiger partial charge in [0.2, 0.25) is 0 Å². The number of aldehydes is 1. The summed E-state index contributed by atoms with van der Waals surface area (Å²) in [5.41, 5.74) is 0. The molecule has 0 saturated carbocycles. The van der Waals surface area contributed by atoms with E-state index in [9.17, 15) is 9.90 Å². The molecule has 1 aliphatic rings. The highest BCUT2D eigenvalue weighted by Crippen LogP contribution is 2.28. The van der Waals surface area contributed by atoms with Crippen LogP contribution in [0.2, 0.25) is 0 Å². The van der Waals surface area contributed by atoms with Crippen LogP contribution >= 0.6 is 0 Å². The van der Waals surface area contributed by atoms with Crippen LogP contribution in [-0.2, 0) is 14.3 Å². The fourth-order valence-electron chi connectivity index (χ4n) is 1.32. The van der Waals surface area contributed by atoms with Gasteiger partial charge >= 0.3 is 0 Å². The molecule has 0 bridgehead atoms. The Kier molecular flexibility index (Phi) is 3.02. The second kappa shape index (κ2) is 3.71. The van der Waals surface area contributed by atoms with Crippen molar-refractivity contribution in [2.24, 2.45) is 0 Å². The average Bonchev–Trinajstić information content (AvgIpc) is 2.39. The first-order chi connectivity index (χ1) is 6.00. The molecule has 0 aliphatic carbocycles. The lowest BCUT2D eigenvalue weighted by Gasteiger charge is -2.19. The van der Waals surface area contributed by atoms with Gasteiger partial charge in [-0.3, -0.25) is 0 Å². The first-order valence-corrected chi connectivity index (χ1v) is 4.10. The molecule has 0 radical (unpaired) electrons. The molecule has 0 aromatic rings. The molecule has 5 heteroatoms. The first-order valence-electron chi connectivity index (χ1n) is 4.10. The molecular formula is C8H14O5. The number of hydrogen-bond acceptors (Lipinski definition) is 5. The molecule has 0 amide bonds. The van der Waals surface area contributed by atoms with E-state index in [-0.39, 0.29) is 0 Å². The summed E-state index contributed by atoms with van der Waals surface area (Å²) in [5.74, 6) is -0.883. The van der Waals surface area contributed by atoms with Crippen molar-refractivity contribution in [1.82, 2.24) is 0 Å². The third kappa shape index (κ3) is 2.25. The minimum atomic E-state index is -1.09. The molecule has 0 aromatic heterocycles. The van der Waals surface area contributed by atoms with Crippen molar-refractivity contribution in [1.29, 1.82) is 0 Å². The molecular weight excluding hydrogens is 176 g/mol. The predicted octanol–water partition coefficient (Wildman–Crippen LogP) is -0.941. The normalized spacial score (nSPS) is 34.5. The van der Waals surface area contributed by atoms with Crippen molar-refractivity contribution in [2.75, 3.05) is 6.61 Å². The summed E-state index contributed by atoms with van der Waals surface area (Å²) in [7, 11) is 0. The van der Waals surface area contributed by atoms with Gasteiger partial charge in [-0.1, -0.05) is 0 Å². The van der Waals surface area contributed by atoms with Gasteiger partial charge in [0.05, 0.1) is 6.61 Å². The van der Waals surface area contributed by atoms with E-state index in [1.807, 2.05) is 0 Å². The molecule has 1 rings (SSSR count). The molecule has 2 N–H and O–H groups in total. The Morgan fingerprint density at radius 2 is 2.15 bits per heavy atom. The number of carbonyl (C=O) groups excluding carboxylic acids is 1. The first kappa shape index (κ1) is 10.6. The maximum Gasteiger partial charge on any atom is 0.164 e. The van der Waals surface area contributed by atoms with E-state index in [1.54, 1.807) is 13.8 Å². The Labute approximate surface area is 76.3 Å². The average molecular weight is 190 g/mol. The van der Waals surface area contributed by atoms with Crippen LogP contribution in [0.5, 0.6) is 0 Å². The monoisotopic (exact) mass is 190 g/mol. The summed E-state index contributed by atoms with van der Waals surface area (Å²) in [6, 6.07) is 0. The van der Waals surface area contributed by atoms with E-state index < -0.39 is 30.7 Å². The molecule has 0 aromatic carbocycles. The Morgan fingerprint density at radius 3 is 2.62 bits per heavy atom. The zero-order chi connectivity index (χ0) is 10.1. The van der Waals surface area contributed by atoms with Crippen LogP contribution in [0.15, 0.2) is 0 Å². The minimum absolute atomic E-state index is 0.450. The zero-order valence-corrected chi connectivity index (χ0v) is 7.64. The second-order valence-electron chi connectivity index (χ2n) is 3.45. The summed E-state index contributed by atoms with van der Waals surface area (Å²) in [4.78, 5) is 10.5. The van der Waals surface area contributed by atoms with Gasteiger partial charge in [0.25, 0.3) is 0 Å². The quantitative estimate of drug-likeness (QED) is 0.562. The van der Waals surface area contributed by atoms with Crippen LogP contribution in [0.4, 0.5) is 0 Å². The van der Waals surface area contributed by atoms with Crippen LogP contribution in [0.25, 0.3) is 0 Å². The fraction of sp³-hybridized carbons (Fsp3) is 0.875. The van der Waals surface area contributed by atoms with E-state index in [0.717, 1.165) is 0 Å². The molecule has 1 heterocycles. The highest BCUT2D eigenvalue weighted by molar-refractivity contribution is 5.58. The number of rotatable bonds is 3. The van der Waals surface area contributed by atoms with Crippen molar-refractivity contribution < 1.29 is 24.5 Å². The van der Waals surface area contributed by atoms with Gasteiger partial charge in [-0.05, 0) is 13.8 Å². The highest BCUT2D eigenvalue weighted by atomic mass is 16.8. The summed E-state index contributed by atoms with van der Waals surface area (Å²) < 4.78 is 10.4. The van der Waals surface area contributed by atoms with Crippen LogP contribution in [0, 0.1) is 0 Å². The van der Waals surface area contributed by atoms with Crippen LogP contribution in [0.1, 0.15) is 13.8 Å². The molecule has 1 saturated heterocycles. The third-order valence-corrected chi connectivity index (χ3v) is 1.86. The van der Waals surface area contributed by atoms with Crippen LogP contribution < -0.4 is 0 Å². The summed E-state index contributed by atoms with van der Waals surface area (Å²) in [6.45, 7) is 2.84. The van der Waals surface area contributed by atoms with Crippen molar-refractivity contribution in [3.8, 4) is 0 Å². The molecule has 3 atom stereocenters. The van der Waals surface area contributed by atoms with Crippen molar-refractivity contribution in [2.45, 2.75) is 37.9 Å². The Hall–Kier alpha value is -0.490. The van der Waals surface area contributed by atoms with Crippen molar-refractivity contribution in [3.05, 3.63) is 0 Å². The lowest BCUT2D eigenvalue weighted by Crippen LogP contribution is -2.38. The number of aliphatic hydroxyl groups excluding tert-OH is 2. The van der Waals surface area contributed by atoms with Gasteiger partial charge in [-0.2, -0.15) is 0 Å². The Morgan fingerprint density at radius 1 is 1.54 bits per heavy atom. The Bertz CT molecular complexity index is 191. The largest absolute Gasteiger partial charge is 0.394 e. The summed E-state index contributed by atoms with van der Waals surface area (Å²) in [5, 5.41) is 18.0. The minimum Gasteiger partial charge on any atom is -0.394 e. The number of aliphatic hydroxyl groups is 2. The number of ether oxygens (including phenoxy) is 2. The molecule has 0 spiro atoms. The van der Waals surface area contributed by atoms with Gasteiger partial charge in [0.1, 0.15) is 18.3 Å². The van der Waals surface area contributed by atoms with E-state index in [2.05, 4.69) is 0 Å². The van der Waals surface area contributed by atoms with Crippen LogP contribution in [-0.4, -0.2) is 47.2 Å². The predicted molar refractivity (Wildman–Crippen MR) is 43.0 cm³/mol. The summed E-state index contributed by atoms with van der Waals surface area (Å²) >= 11 is 0. The van der Waals surface area contributed by atoms with Crippen molar-refractivity contribution in [3.63, 3.8) is 0 Å². The molecule has 76 valence electrons. The van der Waals surface area contributed by atoms with E-state index in [1.165, 1.54) is 0 Å². The van der Waals surface area contributed by atoms with E-state index in [0.29, 0.717) is 6.29 Å². The van der Waals surface area contributed by atoms with Gasteiger partial charge in [-0.15, -0.1) is 0 Å². The zero-order valence-electron chi connectivity index (χ0n) is 7.64. The topological polar surface area (TPSA) is 76.0 Å². The summed E-state index contributed by atoms with van der Waals surface area (Å²) in [6.07, 6.45) is -2.11. The fourth-order valence-corrected chi connectivity index (χ4v) is 1.32. The lowest BCUT2D eigenvalue weighted by atomic mass is 10.1. The van der Waals surface area contributed by atoms with Crippen molar-refractivity contribution >= 4 is 6.29 Å². The van der Waals surface area contributed by atoms with E-state index in [4.69, 9.17) is 14.6 Å². The van der Waals surface area contributed by atoms with Gasteiger partial charge in [0, 0.05) is 0 Å². The molecule has 13 heavy (non-hydrogen) atoms. The van der Waals surface area contributed by atoms with E-state index >= 15 is 0 Å². The standard InChI is InChI=1S/C8H14O5/c1-8(2)12-6(4-10)7(13-8)5(11)3-9/h4-7,9,11H,3H2,1-2H3/t5-,6+,7+/m1/s1. The molecule has 1 aliphatic heterocycles. The number of carbonyl (C=O) groups is 1. The second-order valence-corrected chi connectivity index (χ2v) is 3.45.